The van der Waals surface area contributed by atoms with Crippen molar-refractivity contribution in [3.05, 3.63) is 77.1 Å². The van der Waals surface area contributed by atoms with E-state index >= 15 is 0 Å². The molecule has 0 saturated heterocycles. The van der Waals surface area contributed by atoms with Crippen molar-refractivity contribution < 1.29 is 9.53 Å². The molecular weight excluding hydrogens is 432 g/mol. The zero-order chi connectivity index (χ0) is 23.2. The molecule has 1 amide bonds. The van der Waals surface area contributed by atoms with Gasteiger partial charge in [-0.1, -0.05) is 36.0 Å². The van der Waals surface area contributed by atoms with E-state index in [9.17, 15) is 4.79 Å². The fraction of sp³-hybridized carbons (Fsp3) is 0.346. The van der Waals surface area contributed by atoms with E-state index in [0.29, 0.717) is 24.1 Å². The fourth-order valence-electron chi connectivity index (χ4n) is 3.98. The molecule has 7 heteroatoms. The number of nitrogens with zero attached hydrogens (tertiary/aromatic N) is 3. The number of carbonyl (C=O) groups is 1. The van der Waals surface area contributed by atoms with Crippen LogP contribution in [-0.4, -0.2) is 26.4 Å². The highest BCUT2D eigenvalue weighted by Crippen LogP contribution is 2.26. The maximum atomic E-state index is 12.5. The van der Waals surface area contributed by atoms with Gasteiger partial charge in [-0.2, -0.15) is 0 Å². The van der Waals surface area contributed by atoms with Gasteiger partial charge in [-0.15, -0.1) is 16.8 Å². The third kappa shape index (κ3) is 5.85. The van der Waals surface area contributed by atoms with Crippen LogP contribution >= 0.6 is 11.8 Å². The first-order valence-corrected chi connectivity index (χ1v) is 12.3. The summed E-state index contributed by atoms with van der Waals surface area (Å²) in [7, 11) is 0. The predicted molar refractivity (Wildman–Crippen MR) is 133 cm³/mol. The van der Waals surface area contributed by atoms with Crippen LogP contribution in [0.25, 0.3) is 0 Å². The number of aryl methyl sites for hydroxylation is 4. The molecule has 4 rings (SSSR count). The molecule has 1 aliphatic rings. The Morgan fingerprint density at radius 1 is 1.15 bits per heavy atom. The fourth-order valence-corrected chi connectivity index (χ4v) is 4.75. The van der Waals surface area contributed by atoms with Crippen LogP contribution in [0.4, 0.5) is 5.69 Å². The molecule has 0 atom stereocenters. The number of ether oxygens (including phenoxy) is 1. The number of thioether (sulfide) groups is 1. The Balaban J connectivity index is 1.38. The van der Waals surface area contributed by atoms with Gasteiger partial charge in [0.05, 0.1) is 5.75 Å². The van der Waals surface area contributed by atoms with Crippen molar-refractivity contribution in [3.63, 3.8) is 0 Å². The van der Waals surface area contributed by atoms with Crippen LogP contribution in [0.2, 0.25) is 0 Å². The second kappa shape index (κ2) is 10.7. The molecule has 172 valence electrons. The molecule has 1 aromatic heterocycles. The van der Waals surface area contributed by atoms with Crippen molar-refractivity contribution in [2.75, 3.05) is 11.1 Å². The maximum absolute atomic E-state index is 12.5. The Hall–Kier alpha value is -3.06. The lowest BCUT2D eigenvalue weighted by atomic mass is 9.92. The first kappa shape index (κ1) is 23.1. The van der Waals surface area contributed by atoms with Crippen LogP contribution in [-0.2, 0) is 30.8 Å². The number of benzene rings is 2. The second-order valence-electron chi connectivity index (χ2n) is 8.38. The van der Waals surface area contributed by atoms with Gasteiger partial charge in [0.1, 0.15) is 12.4 Å². The first-order valence-electron chi connectivity index (χ1n) is 11.3. The number of fused-ring (bicyclic) bond motifs is 1. The van der Waals surface area contributed by atoms with Gasteiger partial charge in [-0.25, -0.2) is 0 Å². The Labute approximate surface area is 199 Å². The monoisotopic (exact) mass is 462 g/mol. The highest BCUT2D eigenvalue weighted by molar-refractivity contribution is 7.99. The molecule has 1 N–H and O–H groups in total. The molecule has 1 heterocycles. The lowest BCUT2D eigenvalue weighted by molar-refractivity contribution is -0.113. The molecule has 33 heavy (non-hydrogen) atoms. The molecule has 3 aromatic rings. The standard InChI is InChI=1S/C26H30N4O2S/c1-4-13-30-24(16-32-22-12-11-20-7-5-6-8-21(20)15-22)28-29-26(30)33-17-25(31)27-23-14-18(2)9-10-19(23)3/h4,9-12,14-15H,1,5-8,13,16-17H2,2-3H3,(H,27,31). The van der Waals surface area contributed by atoms with Gasteiger partial charge in [0.15, 0.2) is 11.0 Å². The minimum atomic E-state index is -0.0753. The molecule has 0 fully saturated rings. The van der Waals surface area contributed by atoms with Crippen molar-refractivity contribution in [1.82, 2.24) is 14.8 Å². The van der Waals surface area contributed by atoms with Gasteiger partial charge in [0, 0.05) is 12.2 Å². The van der Waals surface area contributed by atoms with Crippen LogP contribution in [0.3, 0.4) is 0 Å². The van der Waals surface area contributed by atoms with Gasteiger partial charge < -0.3 is 10.1 Å². The van der Waals surface area contributed by atoms with E-state index in [1.54, 1.807) is 6.08 Å². The highest BCUT2D eigenvalue weighted by Gasteiger charge is 2.15. The topological polar surface area (TPSA) is 69.0 Å². The van der Waals surface area contributed by atoms with Crippen molar-refractivity contribution in [2.45, 2.75) is 57.8 Å². The van der Waals surface area contributed by atoms with Gasteiger partial charge in [-0.3, -0.25) is 9.36 Å². The third-order valence-corrected chi connectivity index (χ3v) is 6.76. The number of anilines is 1. The van der Waals surface area contributed by atoms with E-state index < -0.39 is 0 Å². The second-order valence-corrected chi connectivity index (χ2v) is 9.32. The summed E-state index contributed by atoms with van der Waals surface area (Å²) in [4.78, 5) is 12.5. The smallest absolute Gasteiger partial charge is 0.234 e. The van der Waals surface area contributed by atoms with E-state index in [1.165, 1.54) is 35.7 Å². The van der Waals surface area contributed by atoms with Gasteiger partial charge in [0.25, 0.3) is 0 Å². The van der Waals surface area contributed by atoms with E-state index in [-0.39, 0.29) is 11.7 Å². The number of hydrogen-bond donors (Lipinski definition) is 1. The lowest BCUT2D eigenvalue weighted by Crippen LogP contribution is -2.15. The summed E-state index contributed by atoms with van der Waals surface area (Å²) in [5, 5.41) is 12.3. The minimum absolute atomic E-state index is 0.0753. The van der Waals surface area contributed by atoms with Gasteiger partial charge >= 0.3 is 0 Å². The largest absolute Gasteiger partial charge is 0.486 e. The Kier molecular flexibility index (Phi) is 7.50. The Bertz CT molecular complexity index is 1160. The molecular formula is C26H30N4O2S. The number of rotatable bonds is 9. The molecule has 0 aliphatic heterocycles. The molecule has 0 radical (unpaired) electrons. The minimum Gasteiger partial charge on any atom is -0.486 e. The summed E-state index contributed by atoms with van der Waals surface area (Å²) < 4.78 is 7.99. The lowest BCUT2D eigenvalue weighted by Gasteiger charge is -2.16. The SMILES string of the molecule is C=CCn1c(COc2ccc3c(c2)CCCC3)nnc1SCC(=O)Nc1cc(C)ccc1C. The number of carbonyl (C=O) groups excluding carboxylic acids is 1. The zero-order valence-electron chi connectivity index (χ0n) is 19.3. The molecule has 0 spiro atoms. The summed E-state index contributed by atoms with van der Waals surface area (Å²) in [6.45, 7) is 8.71. The van der Waals surface area contributed by atoms with Gasteiger partial charge in [0.2, 0.25) is 5.91 Å². The highest BCUT2D eigenvalue weighted by atomic mass is 32.2. The van der Waals surface area contributed by atoms with Crippen LogP contribution in [0.15, 0.2) is 54.2 Å². The van der Waals surface area contributed by atoms with Crippen LogP contribution in [0.5, 0.6) is 5.75 Å². The molecule has 2 aromatic carbocycles. The van der Waals surface area contributed by atoms with Crippen molar-refractivity contribution in [2.24, 2.45) is 0 Å². The molecule has 0 saturated carbocycles. The van der Waals surface area contributed by atoms with Crippen LogP contribution in [0, 0.1) is 13.8 Å². The van der Waals surface area contributed by atoms with Crippen LogP contribution < -0.4 is 10.1 Å². The number of allylic oxidation sites excluding steroid dienone is 1. The molecule has 0 unspecified atom stereocenters. The quantitative estimate of drug-likeness (QED) is 0.347. The van der Waals surface area contributed by atoms with E-state index in [2.05, 4.69) is 34.2 Å². The molecule has 6 nitrogen and oxygen atoms in total. The van der Waals surface area contributed by atoms with Gasteiger partial charge in [-0.05, 0) is 80.0 Å². The number of hydrogen-bond acceptors (Lipinski definition) is 5. The van der Waals surface area contributed by atoms with E-state index in [4.69, 9.17) is 4.74 Å². The number of nitrogens with one attached hydrogen (secondary N) is 1. The summed E-state index contributed by atoms with van der Waals surface area (Å²) in [5.74, 6) is 1.73. The summed E-state index contributed by atoms with van der Waals surface area (Å²) in [6.07, 6.45) is 6.57. The van der Waals surface area contributed by atoms with Crippen molar-refractivity contribution in [1.29, 1.82) is 0 Å². The predicted octanol–water partition coefficient (Wildman–Crippen LogP) is 5.27. The zero-order valence-corrected chi connectivity index (χ0v) is 20.1. The molecule has 1 aliphatic carbocycles. The number of aromatic nitrogens is 3. The van der Waals surface area contributed by atoms with Crippen molar-refractivity contribution >= 4 is 23.4 Å². The normalized spacial score (nSPS) is 12.8. The summed E-state index contributed by atoms with van der Waals surface area (Å²) in [6, 6.07) is 12.4. The average molecular weight is 463 g/mol. The molecule has 0 bridgehead atoms. The maximum Gasteiger partial charge on any atom is 0.234 e. The van der Waals surface area contributed by atoms with Crippen LogP contribution in [0.1, 0.15) is 40.9 Å². The van der Waals surface area contributed by atoms with E-state index in [1.807, 2.05) is 42.7 Å². The first-order chi connectivity index (χ1) is 16.0. The number of amides is 1. The van der Waals surface area contributed by atoms with Crippen molar-refractivity contribution in [3.8, 4) is 5.75 Å². The summed E-state index contributed by atoms with van der Waals surface area (Å²) >= 11 is 1.36. The van der Waals surface area contributed by atoms with E-state index in [0.717, 1.165) is 35.4 Å². The Morgan fingerprint density at radius 2 is 1.97 bits per heavy atom. The average Bonchev–Trinajstić information content (AvgIpc) is 3.20. The third-order valence-electron chi connectivity index (χ3n) is 5.79. The summed E-state index contributed by atoms with van der Waals surface area (Å²) in [5.41, 5.74) is 5.80. The Morgan fingerprint density at radius 3 is 2.79 bits per heavy atom.